The van der Waals surface area contributed by atoms with Gasteiger partial charge in [0.15, 0.2) is 0 Å². The van der Waals surface area contributed by atoms with E-state index >= 15 is 0 Å². The van der Waals surface area contributed by atoms with E-state index in [1.54, 1.807) is 6.07 Å². The van der Waals surface area contributed by atoms with Crippen molar-refractivity contribution in [3.63, 3.8) is 0 Å². The highest BCUT2D eigenvalue weighted by molar-refractivity contribution is 9.10. The van der Waals surface area contributed by atoms with Crippen LogP contribution in [0.2, 0.25) is 0 Å². The Labute approximate surface area is 197 Å². The number of rotatable bonds is 9. The summed E-state index contributed by atoms with van der Waals surface area (Å²) in [6.07, 6.45) is 0.549. The van der Waals surface area contributed by atoms with Gasteiger partial charge in [0.05, 0.1) is 13.2 Å². The first-order valence-electron chi connectivity index (χ1n) is 10.1. The third kappa shape index (κ3) is 6.18. The van der Waals surface area contributed by atoms with Crippen molar-refractivity contribution >= 4 is 31.9 Å². The van der Waals surface area contributed by atoms with Crippen LogP contribution in [-0.4, -0.2) is 28.0 Å². The Morgan fingerprint density at radius 3 is 2.38 bits per heavy atom. The summed E-state index contributed by atoms with van der Waals surface area (Å²) in [6.45, 7) is 2.10. The Hall–Kier alpha value is -2.68. The van der Waals surface area contributed by atoms with Gasteiger partial charge >= 0.3 is 0 Å². The van der Waals surface area contributed by atoms with Gasteiger partial charge in [0.25, 0.3) is 5.91 Å². The molecule has 0 aliphatic rings. The summed E-state index contributed by atoms with van der Waals surface area (Å²) in [5.41, 5.74) is 2.20. The molecular formula is C24H25BrN2O4S. The number of hydrogen-bond acceptors (Lipinski definition) is 4. The van der Waals surface area contributed by atoms with Crippen LogP contribution in [0, 0.1) is 0 Å². The smallest absolute Gasteiger partial charge is 0.251 e. The first kappa shape index (κ1) is 24.0. The molecule has 1 amide bonds. The van der Waals surface area contributed by atoms with Crippen LogP contribution < -0.4 is 14.8 Å². The number of hydrogen-bond donors (Lipinski definition) is 2. The fourth-order valence-corrected chi connectivity index (χ4v) is 4.68. The molecule has 0 saturated carbocycles. The molecule has 3 aromatic rings. The van der Waals surface area contributed by atoms with Crippen LogP contribution in [0.15, 0.2) is 82.2 Å². The van der Waals surface area contributed by atoms with Gasteiger partial charge in [-0.3, -0.25) is 4.79 Å². The minimum atomic E-state index is -3.87. The van der Waals surface area contributed by atoms with Crippen molar-refractivity contribution in [3.05, 3.63) is 94.0 Å². The molecule has 0 aliphatic heterocycles. The van der Waals surface area contributed by atoms with E-state index in [-0.39, 0.29) is 34.7 Å². The minimum Gasteiger partial charge on any atom is -0.495 e. The number of benzene rings is 3. The van der Waals surface area contributed by atoms with E-state index in [0.717, 1.165) is 15.6 Å². The lowest BCUT2D eigenvalue weighted by atomic mass is 10.1. The lowest BCUT2D eigenvalue weighted by Gasteiger charge is -2.16. The van der Waals surface area contributed by atoms with Gasteiger partial charge in [0.1, 0.15) is 10.6 Å². The zero-order valence-electron chi connectivity index (χ0n) is 17.8. The largest absolute Gasteiger partial charge is 0.495 e. The van der Waals surface area contributed by atoms with Crippen molar-refractivity contribution in [2.45, 2.75) is 24.3 Å². The lowest BCUT2D eigenvalue weighted by molar-refractivity contribution is 0.0939. The molecule has 32 heavy (non-hydrogen) atoms. The van der Waals surface area contributed by atoms with Crippen LogP contribution in [0.5, 0.6) is 5.75 Å². The van der Waals surface area contributed by atoms with E-state index in [2.05, 4.69) is 26.0 Å². The van der Waals surface area contributed by atoms with Crippen molar-refractivity contribution in [2.24, 2.45) is 0 Å². The molecule has 1 atom stereocenters. The van der Waals surface area contributed by atoms with Gasteiger partial charge in [0.2, 0.25) is 10.0 Å². The summed E-state index contributed by atoms with van der Waals surface area (Å²) < 4.78 is 34.6. The van der Waals surface area contributed by atoms with Crippen molar-refractivity contribution < 1.29 is 17.9 Å². The van der Waals surface area contributed by atoms with Gasteiger partial charge in [0, 0.05) is 16.6 Å². The van der Waals surface area contributed by atoms with Crippen LogP contribution in [0.1, 0.15) is 34.5 Å². The molecule has 6 nitrogen and oxygen atoms in total. The average molecular weight is 517 g/mol. The molecule has 168 valence electrons. The Bertz CT molecular complexity index is 1170. The van der Waals surface area contributed by atoms with E-state index < -0.39 is 10.0 Å². The number of amides is 1. The maximum Gasteiger partial charge on any atom is 0.251 e. The van der Waals surface area contributed by atoms with Crippen molar-refractivity contribution in [1.29, 1.82) is 0 Å². The first-order valence-corrected chi connectivity index (χ1v) is 12.4. The second kappa shape index (κ2) is 10.8. The molecule has 3 aromatic carbocycles. The van der Waals surface area contributed by atoms with Gasteiger partial charge < -0.3 is 10.1 Å². The van der Waals surface area contributed by atoms with E-state index in [0.29, 0.717) is 6.42 Å². The monoisotopic (exact) mass is 516 g/mol. The highest BCUT2D eigenvalue weighted by atomic mass is 79.9. The molecule has 0 radical (unpaired) electrons. The van der Waals surface area contributed by atoms with Crippen LogP contribution in [0.25, 0.3) is 0 Å². The number of nitrogens with one attached hydrogen (secondary N) is 2. The molecule has 3 rings (SSSR count). The number of halogens is 1. The fraction of sp³-hybridized carbons (Fsp3) is 0.208. The summed E-state index contributed by atoms with van der Waals surface area (Å²) in [5, 5.41) is 2.90. The van der Waals surface area contributed by atoms with E-state index in [1.807, 2.05) is 61.5 Å². The predicted octanol–water partition coefficient (Wildman–Crippen LogP) is 4.47. The van der Waals surface area contributed by atoms with Crippen molar-refractivity contribution in [2.75, 3.05) is 13.7 Å². The van der Waals surface area contributed by atoms with E-state index in [9.17, 15) is 13.2 Å². The highest BCUT2D eigenvalue weighted by Gasteiger charge is 2.22. The molecule has 0 heterocycles. The minimum absolute atomic E-state index is 0.0722. The predicted molar refractivity (Wildman–Crippen MR) is 128 cm³/mol. The summed E-state index contributed by atoms with van der Waals surface area (Å²) in [4.78, 5) is 12.7. The van der Waals surface area contributed by atoms with Crippen LogP contribution >= 0.6 is 15.9 Å². The molecule has 0 aromatic heterocycles. The number of carbonyl (C=O) groups excluding carboxylic acids is 1. The summed E-state index contributed by atoms with van der Waals surface area (Å²) in [7, 11) is -2.48. The molecule has 0 aliphatic carbocycles. The van der Waals surface area contributed by atoms with Crippen molar-refractivity contribution in [1.82, 2.24) is 10.0 Å². The normalized spacial score (nSPS) is 12.2. The topological polar surface area (TPSA) is 84.5 Å². The second-order valence-corrected chi connectivity index (χ2v) is 9.90. The van der Waals surface area contributed by atoms with Crippen molar-refractivity contribution in [3.8, 4) is 5.75 Å². The fourth-order valence-electron chi connectivity index (χ4n) is 3.19. The Morgan fingerprint density at radius 1 is 1.03 bits per heavy atom. The summed E-state index contributed by atoms with van der Waals surface area (Å²) in [6, 6.07) is 21.4. The second-order valence-electron chi connectivity index (χ2n) is 7.25. The first-order chi connectivity index (χ1) is 15.3. The standard InChI is InChI=1S/C24H25BrN2O4S/c1-17(19-8-11-21(25)12-9-19)27-24(28)20-10-13-22(31-2)23(16-20)32(29,30)26-15-14-18-6-4-3-5-7-18/h3-13,16-17,26H,14-15H2,1-2H3,(H,27,28)/t17-/m0/s1. The van der Waals surface area contributed by atoms with Crippen LogP contribution in [0.4, 0.5) is 0 Å². The molecule has 0 fully saturated rings. The Kier molecular flexibility index (Phi) is 8.06. The third-order valence-corrected chi connectivity index (χ3v) is 6.99. The summed E-state index contributed by atoms with van der Waals surface area (Å²) in [5.74, 6) is -0.196. The Morgan fingerprint density at radius 2 is 1.72 bits per heavy atom. The van der Waals surface area contributed by atoms with Crippen LogP contribution in [0.3, 0.4) is 0 Å². The third-order valence-electron chi connectivity index (χ3n) is 4.98. The average Bonchev–Trinajstić information content (AvgIpc) is 2.79. The molecule has 0 bridgehead atoms. The highest BCUT2D eigenvalue weighted by Crippen LogP contribution is 2.25. The van der Waals surface area contributed by atoms with Gasteiger partial charge in [-0.15, -0.1) is 0 Å². The van der Waals surface area contributed by atoms with E-state index in [1.165, 1.54) is 19.2 Å². The molecular weight excluding hydrogens is 492 g/mol. The molecule has 0 unspecified atom stereocenters. The zero-order valence-corrected chi connectivity index (χ0v) is 20.2. The number of ether oxygens (including phenoxy) is 1. The van der Waals surface area contributed by atoms with Gasteiger partial charge in [-0.05, 0) is 54.8 Å². The maximum atomic E-state index is 12.9. The summed E-state index contributed by atoms with van der Waals surface area (Å²) >= 11 is 3.39. The number of carbonyl (C=O) groups is 1. The van der Waals surface area contributed by atoms with Gasteiger partial charge in [-0.2, -0.15) is 0 Å². The van der Waals surface area contributed by atoms with E-state index in [4.69, 9.17) is 4.74 Å². The molecule has 0 spiro atoms. The number of methoxy groups -OCH3 is 1. The van der Waals surface area contributed by atoms with Gasteiger partial charge in [-0.25, -0.2) is 13.1 Å². The van der Waals surface area contributed by atoms with Crippen LogP contribution in [-0.2, 0) is 16.4 Å². The molecule has 2 N–H and O–H groups in total. The number of sulfonamides is 1. The molecule has 8 heteroatoms. The SMILES string of the molecule is COc1ccc(C(=O)N[C@@H](C)c2ccc(Br)cc2)cc1S(=O)(=O)NCCc1ccccc1. The quantitative estimate of drug-likeness (QED) is 0.439. The molecule has 0 saturated heterocycles. The maximum absolute atomic E-state index is 12.9. The lowest BCUT2D eigenvalue weighted by Crippen LogP contribution is -2.28. The zero-order chi connectivity index (χ0) is 23.1. The van der Waals surface area contributed by atoms with Gasteiger partial charge in [-0.1, -0.05) is 58.4 Å². The Balaban J connectivity index is 1.74.